The van der Waals surface area contributed by atoms with E-state index in [4.69, 9.17) is 19.7 Å². The van der Waals surface area contributed by atoms with Gasteiger partial charge in [0, 0.05) is 0 Å². The third-order valence-corrected chi connectivity index (χ3v) is 3.30. The molecule has 0 aromatic heterocycles. The molecule has 0 radical (unpaired) electrons. The second-order valence-corrected chi connectivity index (χ2v) is 4.13. The van der Waals surface area contributed by atoms with Crippen molar-refractivity contribution in [1.82, 2.24) is 0 Å². The van der Waals surface area contributed by atoms with Crippen LogP contribution in [-0.4, -0.2) is 88.1 Å². The lowest BCUT2D eigenvalue weighted by Gasteiger charge is -2.46. The van der Waals surface area contributed by atoms with Gasteiger partial charge in [-0.3, -0.25) is 4.79 Å². The van der Waals surface area contributed by atoms with Gasteiger partial charge in [-0.2, -0.15) is 0 Å². The Labute approximate surface area is 116 Å². The van der Waals surface area contributed by atoms with E-state index in [1.54, 1.807) is 0 Å². The first-order valence-electron chi connectivity index (χ1n) is 5.99. The molecule has 0 rings (SSSR count). The number of rotatable bonds is 10. The van der Waals surface area contributed by atoms with Crippen LogP contribution in [0.15, 0.2) is 0 Å². The molecule has 0 fully saturated rings. The predicted octanol–water partition coefficient (Wildman–Crippen LogP) is -3.43. The van der Waals surface area contributed by atoms with Gasteiger partial charge in [0.15, 0.2) is 5.41 Å². The quantitative estimate of drug-likeness (QED) is 0.178. The van der Waals surface area contributed by atoms with Crippen LogP contribution in [-0.2, 0) is 14.3 Å². The van der Waals surface area contributed by atoms with E-state index in [0.29, 0.717) is 0 Å². The van der Waals surface area contributed by atoms with E-state index in [1.165, 1.54) is 6.92 Å². The summed E-state index contributed by atoms with van der Waals surface area (Å²) in [7, 11) is 0. The van der Waals surface area contributed by atoms with Gasteiger partial charge in [-0.15, -0.1) is 0 Å². The number of esters is 1. The first kappa shape index (κ1) is 19.2. The van der Waals surface area contributed by atoms with Crippen molar-refractivity contribution in [2.45, 2.75) is 18.6 Å². The van der Waals surface area contributed by atoms with Gasteiger partial charge in [0.25, 0.3) is 0 Å². The van der Waals surface area contributed by atoms with Crippen LogP contribution >= 0.6 is 0 Å². The number of ether oxygens (including phenoxy) is 2. The van der Waals surface area contributed by atoms with Gasteiger partial charge in [0.1, 0.15) is 12.4 Å². The average molecular weight is 298 g/mol. The molecule has 0 aliphatic heterocycles. The zero-order chi connectivity index (χ0) is 15.8. The first-order chi connectivity index (χ1) is 9.46. The molecule has 0 aliphatic rings. The lowest BCUT2D eigenvalue weighted by atomic mass is 9.68. The van der Waals surface area contributed by atoms with E-state index >= 15 is 0 Å². The van der Waals surface area contributed by atoms with E-state index in [1.807, 2.05) is 0 Å². The summed E-state index contributed by atoms with van der Waals surface area (Å²) in [5.41, 5.74) is -4.59. The van der Waals surface area contributed by atoms with Crippen molar-refractivity contribution in [3.05, 3.63) is 0 Å². The Hall–Kier alpha value is -0.810. The molecule has 0 spiro atoms. The maximum absolute atomic E-state index is 12.1. The maximum Gasteiger partial charge on any atom is 0.320 e. The average Bonchev–Trinajstić information content (AvgIpc) is 2.47. The van der Waals surface area contributed by atoms with Crippen molar-refractivity contribution < 1.29 is 44.9 Å². The summed E-state index contributed by atoms with van der Waals surface area (Å²) in [5, 5.41) is 56.3. The lowest BCUT2D eigenvalue weighted by molar-refractivity contribution is -0.257. The molecule has 0 aliphatic carbocycles. The Bertz CT molecular complexity index is 292. The standard InChI is InChI=1S/C11H22O9/c1-2-19-9(18)11(6-15,8(17)3-12)10(4-13,5-14)20-7-16/h8,12-17H,2-7H2,1H3. The Morgan fingerprint density at radius 2 is 1.65 bits per heavy atom. The minimum Gasteiger partial charge on any atom is -0.465 e. The maximum atomic E-state index is 12.1. The summed E-state index contributed by atoms with van der Waals surface area (Å²) in [6.45, 7) is -3.71. The van der Waals surface area contributed by atoms with Crippen LogP contribution in [0.4, 0.5) is 0 Å². The van der Waals surface area contributed by atoms with Crippen molar-refractivity contribution in [1.29, 1.82) is 0 Å². The number of hydrogen-bond donors (Lipinski definition) is 6. The smallest absolute Gasteiger partial charge is 0.320 e. The van der Waals surface area contributed by atoms with Crippen LogP contribution in [0.5, 0.6) is 0 Å². The van der Waals surface area contributed by atoms with Crippen LogP contribution in [0.2, 0.25) is 0 Å². The fourth-order valence-corrected chi connectivity index (χ4v) is 2.03. The van der Waals surface area contributed by atoms with Gasteiger partial charge < -0.3 is 40.1 Å². The second kappa shape index (κ2) is 8.47. The van der Waals surface area contributed by atoms with Crippen LogP contribution in [0.3, 0.4) is 0 Å². The zero-order valence-electron chi connectivity index (χ0n) is 11.2. The molecular formula is C11H22O9. The molecule has 0 aromatic rings. The van der Waals surface area contributed by atoms with Gasteiger partial charge in [-0.25, -0.2) is 0 Å². The molecule has 0 aromatic carbocycles. The van der Waals surface area contributed by atoms with E-state index in [2.05, 4.69) is 0 Å². The summed E-state index contributed by atoms with van der Waals surface area (Å²) in [6, 6.07) is 0. The largest absolute Gasteiger partial charge is 0.465 e. The highest BCUT2D eigenvalue weighted by Gasteiger charge is 2.62. The fraction of sp³-hybridized carbons (Fsp3) is 0.909. The minimum atomic E-state index is -2.36. The Kier molecular flexibility index (Phi) is 8.13. The van der Waals surface area contributed by atoms with E-state index in [0.717, 1.165) is 0 Å². The first-order valence-corrected chi connectivity index (χ1v) is 5.99. The number of hydrogen-bond acceptors (Lipinski definition) is 9. The molecule has 9 heteroatoms. The molecular weight excluding hydrogens is 276 g/mol. The van der Waals surface area contributed by atoms with E-state index < -0.39 is 56.3 Å². The molecule has 2 unspecified atom stereocenters. The van der Waals surface area contributed by atoms with Gasteiger partial charge in [0.2, 0.25) is 0 Å². The molecule has 6 N–H and O–H groups in total. The monoisotopic (exact) mass is 298 g/mol. The van der Waals surface area contributed by atoms with E-state index in [-0.39, 0.29) is 6.61 Å². The van der Waals surface area contributed by atoms with E-state index in [9.17, 15) is 25.2 Å². The topological polar surface area (TPSA) is 157 Å². The van der Waals surface area contributed by atoms with Crippen molar-refractivity contribution in [3.8, 4) is 0 Å². The number of aliphatic hydroxyl groups excluding tert-OH is 6. The van der Waals surface area contributed by atoms with Crippen molar-refractivity contribution in [2.24, 2.45) is 5.41 Å². The molecule has 0 saturated carbocycles. The summed E-state index contributed by atoms with van der Waals surface area (Å²) >= 11 is 0. The predicted molar refractivity (Wildman–Crippen MR) is 64.3 cm³/mol. The molecule has 9 nitrogen and oxygen atoms in total. The summed E-state index contributed by atoms with van der Waals surface area (Å²) in [6.07, 6.45) is -1.89. The van der Waals surface area contributed by atoms with Crippen LogP contribution in [0, 0.1) is 5.41 Å². The third-order valence-electron chi connectivity index (χ3n) is 3.30. The van der Waals surface area contributed by atoms with Crippen molar-refractivity contribution >= 4 is 5.97 Å². The summed E-state index contributed by atoms with van der Waals surface area (Å²) < 4.78 is 9.52. The summed E-state index contributed by atoms with van der Waals surface area (Å²) in [4.78, 5) is 12.1. The number of aliphatic hydroxyl groups is 6. The highest BCUT2D eigenvalue weighted by atomic mass is 16.6. The normalized spacial score (nSPS) is 16.6. The highest BCUT2D eigenvalue weighted by molar-refractivity contribution is 5.79. The van der Waals surface area contributed by atoms with Crippen LogP contribution < -0.4 is 0 Å². The second-order valence-electron chi connectivity index (χ2n) is 4.13. The molecule has 0 saturated heterocycles. The zero-order valence-corrected chi connectivity index (χ0v) is 11.2. The van der Waals surface area contributed by atoms with Gasteiger partial charge >= 0.3 is 5.97 Å². The van der Waals surface area contributed by atoms with Crippen molar-refractivity contribution in [2.75, 3.05) is 39.8 Å². The summed E-state index contributed by atoms with van der Waals surface area (Å²) in [5.74, 6) is -1.18. The van der Waals surface area contributed by atoms with Crippen LogP contribution in [0.1, 0.15) is 6.92 Å². The van der Waals surface area contributed by atoms with Gasteiger partial charge in [-0.1, -0.05) is 0 Å². The minimum absolute atomic E-state index is 0.106. The Morgan fingerprint density at radius 1 is 1.10 bits per heavy atom. The molecule has 0 heterocycles. The van der Waals surface area contributed by atoms with Crippen LogP contribution in [0.25, 0.3) is 0 Å². The molecule has 2 atom stereocenters. The molecule has 120 valence electrons. The number of carbonyl (C=O) groups is 1. The number of carbonyl (C=O) groups excluding carboxylic acids is 1. The third kappa shape index (κ3) is 3.09. The Morgan fingerprint density at radius 3 is 1.95 bits per heavy atom. The lowest BCUT2D eigenvalue weighted by Crippen LogP contribution is -2.68. The molecule has 20 heavy (non-hydrogen) atoms. The highest BCUT2D eigenvalue weighted by Crippen LogP contribution is 2.39. The van der Waals surface area contributed by atoms with Gasteiger partial charge in [0.05, 0.1) is 39.1 Å². The molecule has 0 amide bonds. The van der Waals surface area contributed by atoms with Gasteiger partial charge in [-0.05, 0) is 6.92 Å². The SMILES string of the molecule is CCOC(=O)C(CO)(C(O)CO)C(CO)(CO)OCO. The molecule has 0 bridgehead atoms. The fourth-order valence-electron chi connectivity index (χ4n) is 2.03. The Balaban J connectivity index is 5.96. The van der Waals surface area contributed by atoms with Crippen molar-refractivity contribution in [3.63, 3.8) is 0 Å².